The van der Waals surface area contributed by atoms with Crippen LogP contribution in [0.5, 0.6) is 5.75 Å². The minimum absolute atomic E-state index is 0.103. The van der Waals surface area contributed by atoms with E-state index in [1.54, 1.807) is 24.4 Å². The molecule has 0 spiro atoms. The van der Waals surface area contributed by atoms with Crippen LogP contribution in [-0.2, 0) is 16.1 Å². The summed E-state index contributed by atoms with van der Waals surface area (Å²) in [5.74, 6) is -2.05. The Morgan fingerprint density at radius 3 is 2.46 bits per heavy atom. The first-order valence-electron chi connectivity index (χ1n) is 14.9. The normalized spacial score (nSPS) is 13.2. The molecule has 6 N–H and O–H groups in total. The Bertz CT molecular complexity index is 1770. The molecule has 254 valence electrons. The number of ether oxygens (including phenoxy) is 1. The topological polar surface area (TPSA) is 159 Å². The molecule has 0 saturated carbocycles. The summed E-state index contributed by atoms with van der Waals surface area (Å²) in [6, 6.07) is 19.5. The molecule has 4 aromatic rings. The van der Waals surface area contributed by atoms with Gasteiger partial charge >= 0.3 is 18.2 Å². The zero-order chi connectivity index (χ0) is 34.8. The molecule has 0 radical (unpaired) electrons. The van der Waals surface area contributed by atoms with E-state index in [9.17, 15) is 22.8 Å². The molecule has 2 heterocycles. The summed E-state index contributed by atoms with van der Waals surface area (Å²) < 4.78 is 37.4. The van der Waals surface area contributed by atoms with E-state index < -0.39 is 18.2 Å². The summed E-state index contributed by atoms with van der Waals surface area (Å²) in [6.45, 7) is 4.14. The first-order valence-corrected chi connectivity index (χ1v) is 15.3. The number of pyridine rings is 1. The fraction of sp³-hybridized carbons (Fsp3) is 0.273. The number of hydrogen-bond donors (Lipinski definition) is 5. The summed E-state index contributed by atoms with van der Waals surface area (Å²) in [5, 5.41) is 18.7. The molecule has 1 fully saturated rings. The highest BCUT2D eigenvalue weighted by atomic mass is 35.5. The lowest BCUT2D eigenvalue weighted by Gasteiger charge is -2.22. The van der Waals surface area contributed by atoms with Crippen LogP contribution < -0.4 is 26.4 Å². The third kappa shape index (κ3) is 9.64. The number of alkyl halides is 3. The van der Waals surface area contributed by atoms with Crippen molar-refractivity contribution in [3.63, 3.8) is 0 Å². The van der Waals surface area contributed by atoms with Crippen LogP contribution in [0.15, 0.2) is 72.9 Å². The van der Waals surface area contributed by atoms with Crippen LogP contribution in [-0.4, -0.2) is 58.8 Å². The van der Waals surface area contributed by atoms with Crippen molar-refractivity contribution in [1.82, 2.24) is 15.2 Å². The number of aromatic nitrogens is 1. The average Bonchev–Trinajstić information content (AvgIpc) is 3.60. The maximum Gasteiger partial charge on any atom is 0.490 e. The van der Waals surface area contributed by atoms with Gasteiger partial charge in [-0.25, -0.2) is 14.6 Å². The van der Waals surface area contributed by atoms with Crippen LogP contribution in [0.3, 0.4) is 0 Å². The van der Waals surface area contributed by atoms with E-state index in [0.717, 1.165) is 48.0 Å². The zero-order valence-corrected chi connectivity index (χ0v) is 26.6. The van der Waals surface area contributed by atoms with Crippen molar-refractivity contribution in [2.45, 2.75) is 38.5 Å². The first-order chi connectivity index (χ1) is 22.8. The number of fused-ring (bicyclic) bond motifs is 1. The molecule has 1 saturated heterocycles. The van der Waals surface area contributed by atoms with Crippen LogP contribution in [0.4, 0.5) is 35.2 Å². The molecule has 0 aliphatic carbocycles. The predicted molar refractivity (Wildman–Crippen MR) is 177 cm³/mol. The highest BCUT2D eigenvalue weighted by molar-refractivity contribution is 6.32. The summed E-state index contributed by atoms with van der Waals surface area (Å²) in [6.07, 6.45) is -1.38. The Kier molecular flexibility index (Phi) is 11.9. The fourth-order valence-electron chi connectivity index (χ4n) is 4.90. The van der Waals surface area contributed by atoms with Gasteiger partial charge in [-0.2, -0.15) is 13.2 Å². The molecule has 11 nitrogen and oxygen atoms in total. The Labute approximate surface area is 279 Å². The second-order valence-electron chi connectivity index (χ2n) is 10.7. The lowest BCUT2D eigenvalue weighted by molar-refractivity contribution is -0.192. The van der Waals surface area contributed by atoms with Gasteiger partial charge in [-0.05, 0) is 84.8 Å². The number of carbonyl (C=O) groups excluding carboxylic acids is 2. The number of aliphatic carboxylic acids is 1. The van der Waals surface area contributed by atoms with Gasteiger partial charge in [0, 0.05) is 42.6 Å². The maximum absolute atomic E-state index is 13.7. The van der Waals surface area contributed by atoms with E-state index in [2.05, 4.69) is 20.9 Å². The molecule has 1 aliphatic heterocycles. The number of urea groups is 1. The van der Waals surface area contributed by atoms with Gasteiger partial charge in [-0.3, -0.25) is 4.79 Å². The predicted octanol–water partition coefficient (Wildman–Crippen LogP) is 6.60. The largest absolute Gasteiger partial charge is 0.492 e. The number of benzene rings is 3. The molecule has 1 unspecified atom stereocenters. The molecule has 5 rings (SSSR count). The van der Waals surface area contributed by atoms with Crippen molar-refractivity contribution in [3.05, 3.63) is 89.1 Å². The summed E-state index contributed by atoms with van der Waals surface area (Å²) in [4.78, 5) is 41.0. The number of likely N-dealkylation sites (tertiary alicyclic amines) is 1. The number of hydrogen-bond acceptors (Lipinski definition) is 7. The molecular weight excluding hydrogens is 653 g/mol. The lowest BCUT2D eigenvalue weighted by atomic mass is 10.0. The van der Waals surface area contributed by atoms with E-state index in [-0.39, 0.29) is 18.5 Å². The summed E-state index contributed by atoms with van der Waals surface area (Å²) in [5.41, 5.74) is 9.00. The van der Waals surface area contributed by atoms with Crippen LogP contribution >= 0.6 is 11.6 Å². The molecular formula is C33H34ClF3N6O5. The highest BCUT2D eigenvalue weighted by Gasteiger charge is 2.38. The smallest absolute Gasteiger partial charge is 0.490 e. The molecule has 1 aliphatic rings. The third-order valence-electron chi connectivity index (χ3n) is 7.24. The quantitative estimate of drug-likeness (QED) is 0.132. The minimum atomic E-state index is -5.08. The van der Waals surface area contributed by atoms with E-state index in [4.69, 9.17) is 32.0 Å². The van der Waals surface area contributed by atoms with Crippen molar-refractivity contribution in [3.8, 4) is 5.75 Å². The number of nitrogens with one attached hydrogen (secondary N) is 3. The minimum Gasteiger partial charge on any atom is -0.492 e. The van der Waals surface area contributed by atoms with Gasteiger partial charge in [0.25, 0.3) is 0 Å². The second-order valence-corrected chi connectivity index (χ2v) is 11.1. The lowest BCUT2D eigenvalue weighted by Crippen LogP contribution is -2.33. The van der Waals surface area contributed by atoms with Crippen LogP contribution in [0.2, 0.25) is 5.02 Å². The Hall–Kier alpha value is -5.24. The Morgan fingerprint density at radius 1 is 1.04 bits per heavy atom. The van der Waals surface area contributed by atoms with Crippen molar-refractivity contribution in [2.24, 2.45) is 0 Å². The van der Waals surface area contributed by atoms with Crippen LogP contribution in [0.25, 0.3) is 10.8 Å². The monoisotopic (exact) mass is 686 g/mol. The Balaban J connectivity index is 0.000000671. The number of amides is 3. The van der Waals surface area contributed by atoms with Gasteiger partial charge in [0.2, 0.25) is 5.91 Å². The molecule has 1 aromatic heterocycles. The summed E-state index contributed by atoms with van der Waals surface area (Å²) in [7, 11) is 0. The van der Waals surface area contributed by atoms with Gasteiger partial charge in [0.05, 0.1) is 11.6 Å². The van der Waals surface area contributed by atoms with Gasteiger partial charge < -0.3 is 36.4 Å². The number of nitrogens with two attached hydrogens (primary N) is 1. The average molecular weight is 687 g/mol. The number of rotatable bonds is 9. The van der Waals surface area contributed by atoms with E-state index in [1.165, 1.54) is 0 Å². The number of nitrogen functional groups attached to an aromatic ring is 1. The van der Waals surface area contributed by atoms with Crippen LogP contribution in [0.1, 0.15) is 36.9 Å². The number of carbonyl (C=O) groups is 3. The first kappa shape index (κ1) is 35.6. The molecule has 0 bridgehead atoms. The van der Waals surface area contributed by atoms with Crippen molar-refractivity contribution >= 4 is 57.5 Å². The molecule has 3 amide bonds. The van der Waals surface area contributed by atoms with Gasteiger partial charge in [0.15, 0.2) is 0 Å². The van der Waals surface area contributed by atoms with Crippen LogP contribution in [0, 0.1) is 0 Å². The summed E-state index contributed by atoms with van der Waals surface area (Å²) >= 11 is 6.34. The van der Waals surface area contributed by atoms with Gasteiger partial charge in [-0.1, -0.05) is 29.8 Å². The van der Waals surface area contributed by atoms with Crippen molar-refractivity contribution < 1.29 is 37.4 Å². The fourth-order valence-corrected chi connectivity index (χ4v) is 5.07. The van der Waals surface area contributed by atoms with E-state index >= 15 is 0 Å². The van der Waals surface area contributed by atoms with E-state index in [0.29, 0.717) is 34.4 Å². The van der Waals surface area contributed by atoms with Crippen molar-refractivity contribution in [1.29, 1.82) is 0 Å². The number of nitrogens with zero attached hydrogens (tertiary/aromatic N) is 2. The molecule has 1 atom stereocenters. The standard InChI is InChI=1S/C31H33ClN6O3.C2HF3O2/c1-2-41-27-18-22(8-11-26(27)32)28(36-24-9-10-25-21(17-24)12-13-34-29(25)33)30(39)35-19-20-6-5-7-23(16-20)37-31(40)38-14-3-4-15-38;3-2(4,5)1(6)7/h5-13,16-18,28,36H,2-4,14-15,19H2,1H3,(H2,33,34)(H,35,39)(H,37,40);(H,6,7). The molecule has 48 heavy (non-hydrogen) atoms. The van der Waals surface area contributed by atoms with Gasteiger partial charge in [-0.15, -0.1) is 0 Å². The Morgan fingerprint density at radius 2 is 1.77 bits per heavy atom. The SMILES string of the molecule is CCOc1cc(C(Nc2ccc3c(N)nccc3c2)C(=O)NCc2cccc(NC(=O)N3CCCC3)c2)ccc1Cl.O=C(O)C(F)(F)F. The number of anilines is 3. The van der Waals surface area contributed by atoms with Crippen molar-refractivity contribution in [2.75, 3.05) is 36.1 Å². The molecule has 3 aromatic carbocycles. The van der Waals surface area contributed by atoms with Gasteiger partial charge in [0.1, 0.15) is 17.6 Å². The maximum atomic E-state index is 13.7. The number of carboxylic acid groups (broad SMARTS) is 1. The zero-order valence-electron chi connectivity index (χ0n) is 25.8. The molecule has 15 heteroatoms. The third-order valence-corrected chi connectivity index (χ3v) is 7.55. The second kappa shape index (κ2) is 16.0. The van der Waals surface area contributed by atoms with E-state index in [1.807, 2.05) is 60.4 Å². The number of carboxylic acids is 1. The highest BCUT2D eigenvalue weighted by Crippen LogP contribution is 2.31. The number of halogens is 4.